The van der Waals surface area contributed by atoms with Gasteiger partial charge in [-0.3, -0.25) is 14.4 Å². The van der Waals surface area contributed by atoms with Crippen LogP contribution in [-0.2, 0) is 4.79 Å². The Morgan fingerprint density at radius 3 is 2.43 bits per heavy atom. The molecular weight excluding hydrogens is 360 g/mol. The predicted molar refractivity (Wildman–Crippen MR) is 102 cm³/mol. The van der Waals surface area contributed by atoms with Gasteiger partial charge >= 0.3 is 0 Å². The number of hydrogen-bond acceptors (Lipinski definition) is 5. The van der Waals surface area contributed by atoms with Crippen molar-refractivity contribution in [2.75, 3.05) is 19.7 Å². The molecule has 2 heterocycles. The average Bonchev–Trinajstić information content (AvgIpc) is 3.27. The summed E-state index contributed by atoms with van der Waals surface area (Å²) in [6.07, 6.45) is 4.77. The lowest BCUT2D eigenvalue weighted by atomic mass is 10.0. The van der Waals surface area contributed by atoms with Gasteiger partial charge in [-0.2, -0.15) is 0 Å². The molecular formula is C21H24N2O5. The van der Waals surface area contributed by atoms with E-state index in [1.807, 2.05) is 6.92 Å². The minimum atomic E-state index is -0.201. The minimum Gasteiger partial charge on any atom is -0.484 e. The smallest absolute Gasteiger partial charge is 0.258 e. The number of carbonyl (C=O) groups excluding carboxylic acids is 3. The standard InChI is InChI=1S/C21H24N2O5/c1-2-19(24)15-3-5-18(6-4-15)28-14-20(25)22-17-7-10-23(11-8-17)21(26)16-9-12-27-13-16/h3-6,9,12-13,17H,2,7-8,10-11,14H2,1H3,(H,22,25). The van der Waals surface area contributed by atoms with E-state index >= 15 is 0 Å². The van der Waals surface area contributed by atoms with Crippen LogP contribution in [0.1, 0.15) is 46.9 Å². The van der Waals surface area contributed by atoms with Crippen molar-refractivity contribution in [3.8, 4) is 5.75 Å². The molecule has 1 N–H and O–H groups in total. The van der Waals surface area contributed by atoms with E-state index in [1.165, 1.54) is 12.5 Å². The topological polar surface area (TPSA) is 88.9 Å². The summed E-state index contributed by atoms with van der Waals surface area (Å²) >= 11 is 0. The highest BCUT2D eigenvalue weighted by Crippen LogP contribution is 2.15. The van der Waals surface area contributed by atoms with Gasteiger partial charge in [0, 0.05) is 31.1 Å². The Balaban J connectivity index is 1.40. The number of benzene rings is 1. The number of likely N-dealkylation sites (tertiary alicyclic amines) is 1. The Morgan fingerprint density at radius 1 is 1.11 bits per heavy atom. The van der Waals surface area contributed by atoms with Crippen LogP contribution in [0.3, 0.4) is 0 Å². The van der Waals surface area contributed by atoms with Crippen LogP contribution in [0.25, 0.3) is 0 Å². The minimum absolute atomic E-state index is 0.0223. The summed E-state index contributed by atoms with van der Waals surface area (Å²) in [6.45, 7) is 2.90. The zero-order valence-corrected chi connectivity index (χ0v) is 15.8. The number of carbonyl (C=O) groups is 3. The molecule has 1 fully saturated rings. The highest BCUT2D eigenvalue weighted by molar-refractivity contribution is 5.96. The molecule has 3 rings (SSSR count). The van der Waals surface area contributed by atoms with Gasteiger partial charge in [0.1, 0.15) is 12.0 Å². The molecule has 1 aliphatic heterocycles. The number of Topliss-reactive ketones (excluding diaryl/α,β-unsaturated/α-hetero) is 1. The van der Waals surface area contributed by atoms with E-state index in [0.717, 1.165) is 0 Å². The summed E-state index contributed by atoms with van der Waals surface area (Å²) in [5, 5.41) is 2.95. The van der Waals surface area contributed by atoms with E-state index in [0.29, 0.717) is 49.2 Å². The number of furan rings is 1. The molecule has 7 heteroatoms. The maximum Gasteiger partial charge on any atom is 0.258 e. The number of nitrogens with one attached hydrogen (secondary N) is 1. The fourth-order valence-corrected chi connectivity index (χ4v) is 3.16. The molecule has 2 aromatic rings. The summed E-state index contributed by atoms with van der Waals surface area (Å²) < 4.78 is 10.4. The Labute approximate surface area is 163 Å². The molecule has 1 aromatic heterocycles. The van der Waals surface area contributed by atoms with E-state index < -0.39 is 0 Å². The first-order valence-corrected chi connectivity index (χ1v) is 9.43. The van der Waals surface area contributed by atoms with Gasteiger partial charge in [-0.15, -0.1) is 0 Å². The maximum atomic E-state index is 12.3. The second-order valence-electron chi connectivity index (χ2n) is 6.74. The molecule has 148 valence electrons. The first-order valence-electron chi connectivity index (χ1n) is 9.43. The van der Waals surface area contributed by atoms with E-state index in [2.05, 4.69) is 5.32 Å². The summed E-state index contributed by atoms with van der Waals surface area (Å²) in [4.78, 5) is 37.8. The highest BCUT2D eigenvalue weighted by Gasteiger charge is 2.25. The van der Waals surface area contributed by atoms with Crippen LogP contribution < -0.4 is 10.1 Å². The number of ketones is 1. The van der Waals surface area contributed by atoms with Gasteiger partial charge in [0.05, 0.1) is 11.8 Å². The summed E-state index contributed by atoms with van der Waals surface area (Å²) in [5.74, 6) is 0.366. The molecule has 0 unspecified atom stereocenters. The summed E-state index contributed by atoms with van der Waals surface area (Å²) in [7, 11) is 0. The van der Waals surface area contributed by atoms with Gasteiger partial charge in [0.25, 0.3) is 11.8 Å². The number of nitrogens with zero attached hydrogens (tertiary/aromatic N) is 1. The summed E-state index contributed by atoms with van der Waals surface area (Å²) in [5.41, 5.74) is 1.18. The van der Waals surface area contributed by atoms with Crippen molar-refractivity contribution in [3.05, 3.63) is 54.0 Å². The van der Waals surface area contributed by atoms with Crippen molar-refractivity contribution < 1.29 is 23.5 Å². The lowest BCUT2D eigenvalue weighted by Gasteiger charge is -2.32. The van der Waals surface area contributed by atoms with Gasteiger partial charge in [-0.25, -0.2) is 0 Å². The zero-order valence-electron chi connectivity index (χ0n) is 15.8. The van der Waals surface area contributed by atoms with Gasteiger partial charge in [0.15, 0.2) is 12.4 Å². The molecule has 1 saturated heterocycles. The third-order valence-corrected chi connectivity index (χ3v) is 4.78. The van der Waals surface area contributed by atoms with Crippen LogP contribution in [0.2, 0.25) is 0 Å². The third-order valence-electron chi connectivity index (χ3n) is 4.78. The number of ether oxygens (including phenoxy) is 1. The average molecular weight is 384 g/mol. The van der Waals surface area contributed by atoms with Crippen LogP contribution >= 0.6 is 0 Å². The van der Waals surface area contributed by atoms with Crippen LogP contribution in [0.15, 0.2) is 47.3 Å². The molecule has 0 atom stereocenters. The van der Waals surface area contributed by atoms with Crippen LogP contribution in [0, 0.1) is 0 Å². The quantitative estimate of drug-likeness (QED) is 0.742. The van der Waals surface area contributed by atoms with E-state index in [9.17, 15) is 14.4 Å². The van der Waals surface area contributed by atoms with Crippen molar-refractivity contribution in [3.63, 3.8) is 0 Å². The van der Waals surface area contributed by atoms with Gasteiger partial charge in [0.2, 0.25) is 0 Å². The van der Waals surface area contributed by atoms with Crippen LogP contribution in [0.5, 0.6) is 5.75 Å². The fourth-order valence-electron chi connectivity index (χ4n) is 3.16. The monoisotopic (exact) mass is 384 g/mol. The summed E-state index contributed by atoms with van der Waals surface area (Å²) in [6, 6.07) is 8.45. The number of rotatable bonds is 7. The van der Waals surface area contributed by atoms with Crippen LogP contribution in [-0.4, -0.2) is 48.2 Å². The second kappa shape index (κ2) is 9.21. The number of hydrogen-bond donors (Lipinski definition) is 1. The molecule has 0 bridgehead atoms. The zero-order chi connectivity index (χ0) is 19.9. The Bertz CT molecular complexity index is 806. The maximum absolute atomic E-state index is 12.3. The fraction of sp³-hybridized carbons (Fsp3) is 0.381. The van der Waals surface area contributed by atoms with Gasteiger partial charge in [-0.05, 0) is 43.2 Å². The molecule has 0 saturated carbocycles. The highest BCUT2D eigenvalue weighted by atomic mass is 16.5. The Hall–Kier alpha value is -3.09. The number of piperidine rings is 1. The normalized spacial score (nSPS) is 14.5. The third kappa shape index (κ3) is 5.00. The Kier molecular flexibility index (Phi) is 6.47. The van der Waals surface area contributed by atoms with Gasteiger partial charge in [-0.1, -0.05) is 6.92 Å². The van der Waals surface area contributed by atoms with E-state index in [4.69, 9.17) is 9.15 Å². The van der Waals surface area contributed by atoms with Crippen molar-refractivity contribution in [2.24, 2.45) is 0 Å². The molecule has 0 aliphatic carbocycles. The van der Waals surface area contributed by atoms with Crippen molar-refractivity contribution in [2.45, 2.75) is 32.2 Å². The molecule has 0 radical (unpaired) electrons. The van der Waals surface area contributed by atoms with E-state index in [-0.39, 0.29) is 30.2 Å². The van der Waals surface area contributed by atoms with E-state index in [1.54, 1.807) is 35.2 Å². The molecule has 0 spiro atoms. The lowest BCUT2D eigenvalue weighted by Crippen LogP contribution is -2.47. The molecule has 2 amide bonds. The first kappa shape index (κ1) is 19.7. The molecule has 1 aliphatic rings. The second-order valence-corrected chi connectivity index (χ2v) is 6.74. The van der Waals surface area contributed by atoms with Gasteiger partial charge < -0.3 is 19.4 Å². The van der Waals surface area contributed by atoms with Crippen molar-refractivity contribution in [1.82, 2.24) is 10.2 Å². The lowest BCUT2D eigenvalue weighted by molar-refractivity contribution is -0.124. The van der Waals surface area contributed by atoms with Crippen molar-refractivity contribution >= 4 is 17.6 Å². The molecule has 28 heavy (non-hydrogen) atoms. The SMILES string of the molecule is CCC(=O)c1ccc(OCC(=O)NC2CCN(C(=O)c3ccoc3)CC2)cc1. The number of amides is 2. The molecule has 1 aromatic carbocycles. The van der Waals surface area contributed by atoms with Crippen LogP contribution in [0.4, 0.5) is 0 Å². The Morgan fingerprint density at radius 2 is 1.82 bits per heavy atom. The first-order chi connectivity index (χ1) is 13.6. The molecule has 7 nitrogen and oxygen atoms in total. The predicted octanol–water partition coefficient (Wildman–Crippen LogP) is 2.67. The largest absolute Gasteiger partial charge is 0.484 e. The van der Waals surface area contributed by atoms with Crippen molar-refractivity contribution in [1.29, 1.82) is 0 Å².